The van der Waals surface area contributed by atoms with Crippen LogP contribution in [0.15, 0.2) is 36.5 Å². The molecule has 2 saturated heterocycles. The van der Waals surface area contributed by atoms with Gasteiger partial charge in [0.15, 0.2) is 5.13 Å². The number of likely N-dealkylation sites (tertiary alicyclic amines) is 1. The van der Waals surface area contributed by atoms with Gasteiger partial charge in [0, 0.05) is 63.8 Å². The van der Waals surface area contributed by atoms with Crippen molar-refractivity contribution in [1.29, 1.82) is 5.26 Å². The maximum atomic E-state index is 12.5. The molecule has 0 bridgehead atoms. The third-order valence-corrected chi connectivity index (χ3v) is 9.31. The Balaban J connectivity index is 1.26. The van der Waals surface area contributed by atoms with Crippen LogP contribution < -0.4 is 9.80 Å². The van der Waals surface area contributed by atoms with Crippen LogP contribution in [0.3, 0.4) is 0 Å². The Morgan fingerprint density at radius 3 is 2.52 bits per heavy atom. The third-order valence-electron chi connectivity index (χ3n) is 8.27. The highest BCUT2D eigenvalue weighted by Gasteiger charge is 2.31. The molecule has 1 N–H and O–H groups in total. The Morgan fingerprint density at radius 1 is 1.17 bits per heavy atom. The Labute approximate surface area is 250 Å². The summed E-state index contributed by atoms with van der Waals surface area (Å²) in [6.07, 6.45) is 2.48. The van der Waals surface area contributed by atoms with Gasteiger partial charge in [-0.1, -0.05) is 48.1 Å². The Morgan fingerprint density at radius 2 is 1.88 bits per heavy atom. The van der Waals surface area contributed by atoms with Crippen LogP contribution in [0.5, 0.6) is 0 Å². The molecule has 2 aliphatic rings. The van der Waals surface area contributed by atoms with E-state index in [0.717, 1.165) is 77.0 Å². The summed E-state index contributed by atoms with van der Waals surface area (Å²) in [5.41, 5.74) is 8.07. The van der Waals surface area contributed by atoms with Gasteiger partial charge in [0.25, 0.3) is 0 Å². The number of aryl methyl sites for hydroxylation is 3. The summed E-state index contributed by atoms with van der Waals surface area (Å²) in [6.45, 7) is 10.8. The van der Waals surface area contributed by atoms with Crippen LogP contribution in [0.25, 0.3) is 16.8 Å². The number of anilines is 3. The molecular formula is C31H36N8O2S. The molecule has 2 fully saturated rings. The van der Waals surface area contributed by atoms with Crippen LogP contribution in [0.4, 0.5) is 16.5 Å². The van der Waals surface area contributed by atoms with Gasteiger partial charge in [-0.3, -0.25) is 9.69 Å². The number of hydrogen-bond donors (Lipinski definition) is 1. The van der Waals surface area contributed by atoms with E-state index >= 15 is 0 Å². The van der Waals surface area contributed by atoms with Crippen LogP contribution >= 0.6 is 11.3 Å². The molecule has 0 atom stereocenters. The molecule has 5 heterocycles. The first-order valence-electron chi connectivity index (χ1n) is 14.4. The molecule has 2 aliphatic heterocycles. The number of aliphatic hydroxyl groups is 1. The molecule has 11 heteroatoms. The molecule has 42 heavy (non-hydrogen) atoms. The van der Waals surface area contributed by atoms with E-state index in [0.29, 0.717) is 30.2 Å². The zero-order valence-corrected chi connectivity index (χ0v) is 25.4. The minimum Gasteiger partial charge on any atom is -0.389 e. The van der Waals surface area contributed by atoms with Crippen molar-refractivity contribution in [2.75, 3.05) is 62.7 Å². The topological polar surface area (TPSA) is 104 Å². The second-order valence-corrected chi connectivity index (χ2v) is 12.2. The lowest BCUT2D eigenvalue weighted by molar-refractivity contribution is -0.142. The summed E-state index contributed by atoms with van der Waals surface area (Å²) < 4.78 is 1.96. The maximum Gasteiger partial charge on any atom is 0.236 e. The Hall–Kier alpha value is -3.98. The summed E-state index contributed by atoms with van der Waals surface area (Å²) in [6, 6.07) is 12.7. The predicted molar refractivity (Wildman–Crippen MR) is 166 cm³/mol. The van der Waals surface area contributed by atoms with E-state index in [2.05, 4.69) is 46.9 Å². The molecule has 0 spiro atoms. The number of aromatic nitrogens is 3. The fraction of sp³-hybridized carbons (Fsp3) is 0.419. The number of nitrogens with zero attached hydrogens (tertiary/aromatic N) is 8. The standard InChI is InChI=1S/C31H36N8O2S/c1-5-24-30(35(4)31-33-29(27(15-32)42-31)22-8-6-20(2)7-9-22)26-14-25(21(3)16-39(26)34-24)37-12-10-36(11-13-37)19-28(41)38-17-23(40)18-38/h6-9,14,16,23,40H,5,10-13,17-19H2,1-4H3. The lowest BCUT2D eigenvalue weighted by atomic mass is 10.1. The van der Waals surface area contributed by atoms with E-state index < -0.39 is 0 Å². The quantitative estimate of drug-likeness (QED) is 0.352. The number of amides is 1. The first-order valence-corrected chi connectivity index (χ1v) is 15.2. The van der Waals surface area contributed by atoms with Crippen molar-refractivity contribution in [3.05, 3.63) is 58.2 Å². The molecular weight excluding hydrogens is 548 g/mol. The number of benzene rings is 1. The van der Waals surface area contributed by atoms with Gasteiger partial charge in [-0.2, -0.15) is 10.4 Å². The number of rotatable bonds is 7. The van der Waals surface area contributed by atoms with Crippen LogP contribution in [0, 0.1) is 25.2 Å². The monoisotopic (exact) mass is 584 g/mol. The fourth-order valence-electron chi connectivity index (χ4n) is 5.79. The highest BCUT2D eigenvalue weighted by Crippen LogP contribution is 2.39. The number of thiazole rings is 1. The zero-order valence-electron chi connectivity index (χ0n) is 24.5. The van der Waals surface area contributed by atoms with Gasteiger partial charge in [0.2, 0.25) is 5.91 Å². The van der Waals surface area contributed by atoms with Crippen molar-refractivity contribution in [2.24, 2.45) is 0 Å². The van der Waals surface area contributed by atoms with Crippen LogP contribution in [0.1, 0.15) is 28.6 Å². The summed E-state index contributed by atoms with van der Waals surface area (Å²) in [7, 11) is 2.00. The molecule has 10 nitrogen and oxygen atoms in total. The number of carbonyl (C=O) groups is 1. The summed E-state index contributed by atoms with van der Waals surface area (Å²) in [4.78, 5) is 26.4. The van der Waals surface area contributed by atoms with Crippen LogP contribution in [-0.4, -0.2) is 94.4 Å². The number of carbonyl (C=O) groups excluding carboxylic acids is 1. The average Bonchev–Trinajstić information content (AvgIpc) is 3.57. The average molecular weight is 585 g/mol. The number of β-amino-alcohol motifs (C(OH)–C–C–N with tert-alkyl or cyclic N) is 1. The van der Waals surface area contributed by atoms with Crippen molar-refractivity contribution in [3.8, 4) is 17.3 Å². The first-order chi connectivity index (χ1) is 20.2. The largest absolute Gasteiger partial charge is 0.389 e. The number of piperazine rings is 1. The van der Waals surface area contributed by atoms with Crippen molar-refractivity contribution >= 4 is 39.3 Å². The van der Waals surface area contributed by atoms with E-state index in [1.807, 2.05) is 42.8 Å². The molecule has 0 saturated carbocycles. The molecule has 1 amide bonds. The molecule has 1 aromatic carbocycles. The molecule has 0 radical (unpaired) electrons. The van der Waals surface area contributed by atoms with Crippen molar-refractivity contribution < 1.29 is 9.90 Å². The molecule has 218 valence electrons. The van der Waals surface area contributed by atoms with E-state index in [1.54, 1.807) is 4.90 Å². The zero-order chi connectivity index (χ0) is 29.5. The Kier molecular flexibility index (Phi) is 7.62. The molecule has 6 rings (SSSR count). The molecule has 3 aromatic heterocycles. The van der Waals surface area contributed by atoms with E-state index in [9.17, 15) is 15.2 Å². The number of fused-ring (bicyclic) bond motifs is 1. The van der Waals surface area contributed by atoms with Gasteiger partial charge in [0.1, 0.15) is 16.6 Å². The second kappa shape index (κ2) is 11.4. The number of hydrogen-bond acceptors (Lipinski definition) is 9. The van der Waals surface area contributed by atoms with Gasteiger partial charge in [-0.05, 0) is 31.9 Å². The van der Waals surface area contributed by atoms with Gasteiger partial charge < -0.3 is 19.8 Å². The summed E-state index contributed by atoms with van der Waals surface area (Å²) in [5, 5.41) is 25.1. The second-order valence-electron chi connectivity index (χ2n) is 11.2. The molecule has 0 aliphatic carbocycles. The highest BCUT2D eigenvalue weighted by molar-refractivity contribution is 7.16. The predicted octanol–water partition coefficient (Wildman–Crippen LogP) is 3.60. The number of pyridine rings is 1. The van der Waals surface area contributed by atoms with E-state index in [4.69, 9.17) is 10.1 Å². The van der Waals surface area contributed by atoms with E-state index in [1.165, 1.54) is 11.3 Å². The highest BCUT2D eigenvalue weighted by atomic mass is 32.1. The van der Waals surface area contributed by atoms with Crippen molar-refractivity contribution in [2.45, 2.75) is 33.3 Å². The van der Waals surface area contributed by atoms with Crippen LogP contribution in [-0.2, 0) is 11.2 Å². The third kappa shape index (κ3) is 5.22. The fourth-order valence-corrected chi connectivity index (χ4v) is 6.64. The minimum atomic E-state index is -0.372. The number of aliphatic hydroxyl groups excluding tert-OH is 1. The van der Waals surface area contributed by atoms with Crippen LogP contribution in [0.2, 0.25) is 0 Å². The van der Waals surface area contributed by atoms with E-state index in [-0.39, 0.29) is 12.0 Å². The lowest BCUT2D eigenvalue weighted by Crippen LogP contribution is -2.57. The minimum absolute atomic E-state index is 0.0951. The first kappa shape index (κ1) is 28.2. The van der Waals surface area contributed by atoms with Crippen molar-refractivity contribution in [3.63, 3.8) is 0 Å². The van der Waals surface area contributed by atoms with Gasteiger partial charge in [-0.25, -0.2) is 9.50 Å². The molecule has 4 aromatic rings. The summed E-state index contributed by atoms with van der Waals surface area (Å²) in [5.74, 6) is 0.0951. The molecule has 0 unspecified atom stereocenters. The number of nitriles is 1. The van der Waals surface area contributed by atoms with Gasteiger partial charge in [-0.15, -0.1) is 0 Å². The van der Waals surface area contributed by atoms with Gasteiger partial charge in [0.05, 0.1) is 29.5 Å². The summed E-state index contributed by atoms with van der Waals surface area (Å²) >= 11 is 1.40. The smallest absolute Gasteiger partial charge is 0.236 e. The Bertz CT molecular complexity index is 1660. The maximum absolute atomic E-state index is 12.5. The van der Waals surface area contributed by atoms with Crippen molar-refractivity contribution in [1.82, 2.24) is 24.4 Å². The van der Waals surface area contributed by atoms with Gasteiger partial charge >= 0.3 is 0 Å². The SMILES string of the molecule is CCc1nn2cc(C)c(N3CCN(CC(=O)N4CC(O)C4)CC3)cc2c1N(C)c1nc(-c2ccc(C)cc2)c(C#N)s1. The lowest BCUT2D eigenvalue weighted by Gasteiger charge is -2.40. The normalized spacial score (nSPS) is 16.1.